The van der Waals surface area contributed by atoms with Gasteiger partial charge in [-0.3, -0.25) is 9.59 Å². The molecule has 4 nitrogen and oxygen atoms in total. The SMILES string of the molecule is CSc1ccc(Cl)c(C(=O)N2CCC(C(=O)O)(c3ccccc3)CC2)c1. The Morgan fingerprint density at radius 1 is 1.12 bits per heavy atom. The molecule has 2 aromatic rings. The fourth-order valence-corrected chi connectivity index (χ4v) is 4.08. The molecule has 1 aliphatic heterocycles. The van der Waals surface area contributed by atoms with Gasteiger partial charge in [0.05, 0.1) is 16.0 Å². The number of carbonyl (C=O) groups is 2. The number of amides is 1. The van der Waals surface area contributed by atoms with Crippen molar-refractivity contribution in [2.24, 2.45) is 0 Å². The van der Waals surface area contributed by atoms with E-state index in [-0.39, 0.29) is 5.91 Å². The molecule has 3 rings (SSSR count). The largest absolute Gasteiger partial charge is 0.481 e. The van der Waals surface area contributed by atoms with E-state index in [9.17, 15) is 14.7 Å². The number of hydrogen-bond donors (Lipinski definition) is 1. The molecule has 26 heavy (non-hydrogen) atoms. The second kappa shape index (κ2) is 7.72. The summed E-state index contributed by atoms with van der Waals surface area (Å²) in [5.41, 5.74) is 0.325. The second-order valence-corrected chi connectivity index (χ2v) is 7.68. The lowest BCUT2D eigenvalue weighted by atomic mass is 9.73. The standard InChI is InChI=1S/C20H20ClNO3S/c1-26-15-7-8-17(21)16(13-15)18(23)22-11-9-20(10-12-22,19(24)25)14-5-3-2-4-6-14/h2-8,13H,9-12H2,1H3,(H,24,25). The fourth-order valence-electron chi connectivity index (χ4n) is 3.44. The summed E-state index contributed by atoms with van der Waals surface area (Å²) < 4.78 is 0. The van der Waals surface area contributed by atoms with Gasteiger partial charge in [0.15, 0.2) is 0 Å². The molecule has 1 fully saturated rings. The average Bonchev–Trinajstić information content (AvgIpc) is 2.68. The van der Waals surface area contributed by atoms with E-state index in [4.69, 9.17) is 11.6 Å². The van der Waals surface area contributed by atoms with Gasteiger partial charge >= 0.3 is 5.97 Å². The minimum atomic E-state index is -0.942. The predicted molar refractivity (Wildman–Crippen MR) is 104 cm³/mol. The average molecular weight is 390 g/mol. The van der Waals surface area contributed by atoms with Crippen molar-refractivity contribution in [2.45, 2.75) is 23.2 Å². The van der Waals surface area contributed by atoms with Crippen molar-refractivity contribution >= 4 is 35.2 Å². The molecular weight excluding hydrogens is 370 g/mol. The summed E-state index contributed by atoms with van der Waals surface area (Å²) >= 11 is 7.77. The normalized spacial score (nSPS) is 16.3. The van der Waals surface area contributed by atoms with Crippen molar-refractivity contribution in [2.75, 3.05) is 19.3 Å². The Morgan fingerprint density at radius 3 is 2.35 bits per heavy atom. The van der Waals surface area contributed by atoms with E-state index in [1.54, 1.807) is 28.8 Å². The highest BCUT2D eigenvalue weighted by molar-refractivity contribution is 7.98. The zero-order valence-corrected chi connectivity index (χ0v) is 16.0. The van der Waals surface area contributed by atoms with E-state index in [1.165, 1.54) is 0 Å². The van der Waals surface area contributed by atoms with Crippen LogP contribution in [0, 0.1) is 0 Å². The van der Waals surface area contributed by atoms with Crippen molar-refractivity contribution in [3.63, 3.8) is 0 Å². The molecule has 6 heteroatoms. The van der Waals surface area contributed by atoms with E-state index < -0.39 is 11.4 Å². The van der Waals surface area contributed by atoms with Crippen LogP contribution in [0.2, 0.25) is 5.02 Å². The number of piperidine rings is 1. The fraction of sp³-hybridized carbons (Fsp3) is 0.300. The molecule has 1 amide bonds. The molecule has 1 N–H and O–H groups in total. The molecule has 1 saturated heterocycles. The van der Waals surface area contributed by atoms with Crippen molar-refractivity contribution in [3.05, 3.63) is 64.7 Å². The number of likely N-dealkylation sites (tertiary alicyclic amines) is 1. The molecule has 2 aromatic carbocycles. The van der Waals surface area contributed by atoms with Gasteiger partial charge in [-0.1, -0.05) is 41.9 Å². The quantitative estimate of drug-likeness (QED) is 0.791. The zero-order valence-electron chi connectivity index (χ0n) is 14.4. The van der Waals surface area contributed by atoms with Gasteiger partial charge < -0.3 is 10.0 Å². The third kappa shape index (κ3) is 3.46. The number of thioether (sulfide) groups is 1. The van der Waals surface area contributed by atoms with Crippen LogP contribution in [0.25, 0.3) is 0 Å². The number of hydrogen-bond acceptors (Lipinski definition) is 3. The van der Waals surface area contributed by atoms with Crippen LogP contribution in [0.5, 0.6) is 0 Å². The number of nitrogens with zero attached hydrogens (tertiary/aromatic N) is 1. The van der Waals surface area contributed by atoms with Gasteiger partial charge in [0.25, 0.3) is 5.91 Å². The lowest BCUT2D eigenvalue weighted by Gasteiger charge is -2.39. The third-order valence-electron chi connectivity index (χ3n) is 5.04. The second-order valence-electron chi connectivity index (χ2n) is 6.39. The molecule has 0 bridgehead atoms. The highest BCUT2D eigenvalue weighted by atomic mass is 35.5. The Labute approximate surface area is 162 Å². The first-order valence-corrected chi connectivity index (χ1v) is 10.00. The smallest absolute Gasteiger partial charge is 0.314 e. The van der Waals surface area contributed by atoms with E-state index in [0.717, 1.165) is 10.5 Å². The summed E-state index contributed by atoms with van der Waals surface area (Å²) in [5.74, 6) is -0.976. The molecule has 0 atom stereocenters. The summed E-state index contributed by atoms with van der Waals surface area (Å²) in [5, 5.41) is 10.3. The summed E-state index contributed by atoms with van der Waals surface area (Å²) in [6.45, 7) is 0.777. The Bertz CT molecular complexity index is 817. The van der Waals surface area contributed by atoms with Crippen molar-refractivity contribution in [1.82, 2.24) is 4.90 Å². The Hall–Kier alpha value is -1.98. The molecule has 0 radical (unpaired) electrons. The van der Waals surface area contributed by atoms with Crippen LogP contribution in [0.15, 0.2) is 53.4 Å². The van der Waals surface area contributed by atoms with Crippen LogP contribution in [0.3, 0.4) is 0 Å². The Kier molecular flexibility index (Phi) is 5.58. The lowest BCUT2D eigenvalue weighted by molar-refractivity contribution is -0.145. The minimum Gasteiger partial charge on any atom is -0.481 e. The van der Waals surface area contributed by atoms with Gasteiger partial charge in [-0.2, -0.15) is 0 Å². The maximum absolute atomic E-state index is 12.9. The topological polar surface area (TPSA) is 57.6 Å². The van der Waals surface area contributed by atoms with E-state index in [2.05, 4.69) is 0 Å². The first-order valence-electron chi connectivity index (χ1n) is 8.40. The molecular formula is C20H20ClNO3S. The van der Waals surface area contributed by atoms with Gasteiger partial charge in [-0.15, -0.1) is 11.8 Å². The van der Waals surface area contributed by atoms with Gasteiger partial charge in [0, 0.05) is 18.0 Å². The van der Waals surface area contributed by atoms with E-state index in [1.807, 2.05) is 42.7 Å². The minimum absolute atomic E-state index is 0.141. The van der Waals surface area contributed by atoms with Crippen LogP contribution in [-0.4, -0.2) is 41.2 Å². The van der Waals surface area contributed by atoms with Crippen molar-refractivity contribution < 1.29 is 14.7 Å². The number of rotatable bonds is 4. The van der Waals surface area contributed by atoms with E-state index >= 15 is 0 Å². The van der Waals surface area contributed by atoms with Crippen LogP contribution >= 0.6 is 23.4 Å². The molecule has 0 saturated carbocycles. The van der Waals surface area contributed by atoms with Crippen molar-refractivity contribution in [1.29, 1.82) is 0 Å². The number of carboxylic acids is 1. The van der Waals surface area contributed by atoms with Crippen LogP contribution in [0.4, 0.5) is 0 Å². The maximum Gasteiger partial charge on any atom is 0.314 e. The van der Waals surface area contributed by atoms with Gasteiger partial charge in [-0.25, -0.2) is 0 Å². The first-order chi connectivity index (χ1) is 12.5. The van der Waals surface area contributed by atoms with Crippen molar-refractivity contribution in [3.8, 4) is 0 Å². The Morgan fingerprint density at radius 2 is 1.77 bits per heavy atom. The summed E-state index contributed by atoms with van der Waals surface area (Å²) in [4.78, 5) is 27.6. The molecule has 0 aromatic heterocycles. The monoisotopic (exact) mass is 389 g/mol. The molecule has 0 unspecified atom stereocenters. The molecule has 1 heterocycles. The number of halogens is 1. The number of benzene rings is 2. The summed E-state index contributed by atoms with van der Waals surface area (Å²) in [6, 6.07) is 14.7. The predicted octanol–water partition coefficient (Wildman–Crippen LogP) is 4.32. The number of aliphatic carboxylic acids is 1. The van der Waals surface area contributed by atoms with Crippen LogP contribution < -0.4 is 0 Å². The van der Waals surface area contributed by atoms with Gasteiger partial charge in [0.1, 0.15) is 0 Å². The number of carbonyl (C=O) groups excluding carboxylic acids is 1. The highest BCUT2D eigenvalue weighted by Crippen LogP contribution is 2.36. The Balaban J connectivity index is 1.81. The summed E-state index contributed by atoms with van der Waals surface area (Å²) in [7, 11) is 0. The maximum atomic E-state index is 12.9. The lowest BCUT2D eigenvalue weighted by Crippen LogP contribution is -2.49. The van der Waals surface area contributed by atoms with Gasteiger partial charge in [0.2, 0.25) is 0 Å². The highest BCUT2D eigenvalue weighted by Gasteiger charge is 2.44. The molecule has 0 spiro atoms. The molecule has 0 aliphatic carbocycles. The van der Waals surface area contributed by atoms with Gasteiger partial charge in [-0.05, 0) is 42.9 Å². The first kappa shape index (κ1) is 18.8. The molecule has 1 aliphatic rings. The third-order valence-corrected chi connectivity index (χ3v) is 6.10. The molecule has 136 valence electrons. The van der Waals surface area contributed by atoms with Crippen LogP contribution in [0.1, 0.15) is 28.8 Å². The summed E-state index contributed by atoms with van der Waals surface area (Å²) in [6.07, 6.45) is 2.72. The van der Waals surface area contributed by atoms with Crippen LogP contribution in [-0.2, 0) is 10.2 Å². The number of carboxylic acid groups (broad SMARTS) is 1. The van der Waals surface area contributed by atoms with E-state index in [0.29, 0.717) is 36.5 Å². The zero-order chi connectivity index (χ0) is 18.7.